The van der Waals surface area contributed by atoms with Gasteiger partial charge in [0.1, 0.15) is 5.56 Å². The molecule has 4 rings (SSSR count). The summed E-state index contributed by atoms with van der Waals surface area (Å²) in [6.07, 6.45) is -1.44. The topological polar surface area (TPSA) is 27.7 Å². The van der Waals surface area contributed by atoms with E-state index in [2.05, 4.69) is 4.74 Å². The quantitative estimate of drug-likeness (QED) is 0.140. The van der Waals surface area contributed by atoms with E-state index < -0.39 is 46.4 Å². The predicted molar refractivity (Wildman–Crippen MR) is 131 cm³/mol. The van der Waals surface area contributed by atoms with Gasteiger partial charge in [-0.1, -0.05) is 32.8 Å². The van der Waals surface area contributed by atoms with E-state index in [1.807, 2.05) is 13.8 Å². The number of benzene rings is 3. The molecule has 0 aliphatic carbocycles. The number of thiophene rings is 1. The third kappa shape index (κ3) is 5.30. The average molecular weight is 543 g/mol. The number of unbranched alkanes of at least 4 members (excludes halogenated alkanes) is 2. The van der Waals surface area contributed by atoms with Gasteiger partial charge < -0.3 is 14.2 Å². The van der Waals surface area contributed by atoms with E-state index >= 15 is 8.78 Å². The first-order valence-corrected chi connectivity index (χ1v) is 12.6. The first-order valence-electron chi connectivity index (χ1n) is 11.8. The summed E-state index contributed by atoms with van der Waals surface area (Å²) in [6, 6.07) is 6.70. The maximum absolute atomic E-state index is 15.3. The van der Waals surface area contributed by atoms with Gasteiger partial charge >= 0.3 is 6.11 Å². The fraction of sp³-hybridized carbons (Fsp3) is 0.333. The number of ether oxygens (including phenoxy) is 3. The molecule has 0 unspecified atom stereocenters. The standard InChI is InChI=1S/C27H24F6O3S/c1-3-5-13-34-18-11-12-20(23(30)22(18)29)36-27(32,33)17-9-7-15-16-8-10-19(35-14-6-4-2)24(31)26(16)37-25(15)21(17)28/h7-12H,3-6,13-14H2,1-2H3. The molecule has 0 N–H and O–H groups in total. The lowest BCUT2D eigenvalue weighted by Crippen LogP contribution is -2.24. The molecule has 0 bridgehead atoms. The zero-order valence-corrected chi connectivity index (χ0v) is 20.9. The fourth-order valence-corrected chi connectivity index (χ4v) is 4.88. The molecular formula is C27H24F6O3S. The molecule has 0 radical (unpaired) electrons. The maximum atomic E-state index is 15.3. The summed E-state index contributed by atoms with van der Waals surface area (Å²) in [5.74, 6) is -6.80. The molecule has 0 saturated carbocycles. The minimum absolute atomic E-state index is 0.0126. The first-order chi connectivity index (χ1) is 17.7. The third-order valence-corrected chi connectivity index (χ3v) is 6.93. The molecule has 0 amide bonds. The van der Waals surface area contributed by atoms with Crippen molar-refractivity contribution in [1.82, 2.24) is 0 Å². The van der Waals surface area contributed by atoms with E-state index in [1.54, 1.807) is 0 Å². The molecule has 4 aromatic rings. The summed E-state index contributed by atoms with van der Waals surface area (Å²) in [5.41, 5.74) is -1.20. The van der Waals surface area contributed by atoms with Crippen LogP contribution < -0.4 is 14.2 Å². The van der Waals surface area contributed by atoms with Crippen LogP contribution in [0.1, 0.15) is 45.1 Å². The van der Waals surface area contributed by atoms with Crippen LogP contribution in [0.2, 0.25) is 0 Å². The highest BCUT2D eigenvalue weighted by molar-refractivity contribution is 7.25. The number of rotatable bonds is 11. The summed E-state index contributed by atoms with van der Waals surface area (Å²) in [4.78, 5) is 0. The highest BCUT2D eigenvalue weighted by Crippen LogP contribution is 2.44. The summed E-state index contributed by atoms with van der Waals surface area (Å²) < 4.78 is 104. The van der Waals surface area contributed by atoms with Crippen molar-refractivity contribution in [1.29, 1.82) is 0 Å². The molecule has 37 heavy (non-hydrogen) atoms. The van der Waals surface area contributed by atoms with Crippen molar-refractivity contribution in [2.24, 2.45) is 0 Å². The van der Waals surface area contributed by atoms with Crippen LogP contribution in [0.5, 0.6) is 17.2 Å². The Bertz CT molecular complexity index is 1420. The largest absolute Gasteiger partial charge is 0.490 e. The fourth-order valence-electron chi connectivity index (χ4n) is 3.71. The second-order valence-electron chi connectivity index (χ2n) is 8.37. The monoisotopic (exact) mass is 542 g/mol. The zero-order chi connectivity index (χ0) is 26.7. The van der Waals surface area contributed by atoms with Gasteiger partial charge in [-0.25, -0.2) is 8.78 Å². The van der Waals surface area contributed by atoms with E-state index in [0.717, 1.165) is 37.5 Å². The normalized spacial score (nSPS) is 11.9. The number of hydrogen-bond donors (Lipinski definition) is 0. The lowest BCUT2D eigenvalue weighted by atomic mass is 10.1. The van der Waals surface area contributed by atoms with Crippen molar-refractivity contribution in [3.63, 3.8) is 0 Å². The van der Waals surface area contributed by atoms with Crippen molar-refractivity contribution in [3.05, 3.63) is 65.2 Å². The molecule has 3 aromatic carbocycles. The first kappa shape index (κ1) is 26.9. The van der Waals surface area contributed by atoms with Gasteiger partial charge in [-0.3, -0.25) is 0 Å². The van der Waals surface area contributed by atoms with Gasteiger partial charge in [-0.15, -0.1) is 11.3 Å². The van der Waals surface area contributed by atoms with Crippen LogP contribution in [0.4, 0.5) is 26.3 Å². The van der Waals surface area contributed by atoms with Gasteiger partial charge in [0.25, 0.3) is 0 Å². The van der Waals surface area contributed by atoms with Gasteiger partial charge in [0.05, 0.1) is 22.6 Å². The SMILES string of the molecule is CCCCOc1ccc(OC(F)(F)c2ccc3c(sc4c(F)c(OCCCC)ccc43)c2F)c(F)c1F. The third-order valence-electron chi connectivity index (χ3n) is 5.73. The van der Waals surface area contributed by atoms with E-state index in [4.69, 9.17) is 9.47 Å². The number of fused-ring (bicyclic) bond motifs is 3. The molecule has 1 heterocycles. The van der Waals surface area contributed by atoms with Crippen LogP contribution in [-0.4, -0.2) is 13.2 Å². The van der Waals surface area contributed by atoms with E-state index in [0.29, 0.717) is 29.8 Å². The van der Waals surface area contributed by atoms with Crippen molar-refractivity contribution in [2.45, 2.75) is 45.6 Å². The Morgan fingerprint density at radius 1 is 0.649 bits per heavy atom. The van der Waals surface area contributed by atoms with Crippen molar-refractivity contribution >= 4 is 31.5 Å². The number of halogens is 6. The molecule has 0 spiro atoms. The predicted octanol–water partition coefficient (Wildman–Crippen LogP) is 9.10. The molecule has 3 nitrogen and oxygen atoms in total. The highest BCUT2D eigenvalue weighted by atomic mass is 32.1. The van der Waals surface area contributed by atoms with Crippen LogP contribution in [-0.2, 0) is 6.11 Å². The highest BCUT2D eigenvalue weighted by Gasteiger charge is 2.40. The Morgan fingerprint density at radius 2 is 1.14 bits per heavy atom. The average Bonchev–Trinajstić information content (AvgIpc) is 3.25. The Labute approximate surface area is 213 Å². The van der Waals surface area contributed by atoms with E-state index in [9.17, 15) is 17.6 Å². The van der Waals surface area contributed by atoms with Crippen LogP contribution in [0.3, 0.4) is 0 Å². The minimum atomic E-state index is -4.36. The van der Waals surface area contributed by atoms with Gasteiger partial charge in [0, 0.05) is 10.8 Å². The van der Waals surface area contributed by atoms with Crippen LogP contribution in [0.15, 0.2) is 36.4 Å². The smallest absolute Gasteiger partial charge is 0.429 e. The second kappa shape index (κ2) is 11.1. The molecule has 0 saturated heterocycles. The maximum Gasteiger partial charge on any atom is 0.429 e. The summed E-state index contributed by atoms with van der Waals surface area (Å²) in [5, 5.41) is 0.559. The van der Waals surface area contributed by atoms with Crippen LogP contribution in [0.25, 0.3) is 20.2 Å². The molecule has 0 atom stereocenters. The molecule has 198 valence electrons. The summed E-state index contributed by atoms with van der Waals surface area (Å²) in [6.45, 7) is 4.26. The molecule has 10 heteroatoms. The van der Waals surface area contributed by atoms with Crippen molar-refractivity contribution in [2.75, 3.05) is 13.2 Å². The molecular weight excluding hydrogens is 518 g/mol. The minimum Gasteiger partial charge on any atom is -0.490 e. The lowest BCUT2D eigenvalue weighted by Gasteiger charge is -2.20. The lowest BCUT2D eigenvalue weighted by molar-refractivity contribution is -0.188. The summed E-state index contributed by atoms with van der Waals surface area (Å²) in [7, 11) is 0. The van der Waals surface area contributed by atoms with E-state index in [-0.39, 0.29) is 27.1 Å². The van der Waals surface area contributed by atoms with Crippen LogP contribution >= 0.6 is 11.3 Å². The molecule has 0 fully saturated rings. The van der Waals surface area contributed by atoms with Gasteiger partial charge in [-0.05, 0) is 43.2 Å². The Balaban J connectivity index is 1.66. The summed E-state index contributed by atoms with van der Waals surface area (Å²) >= 11 is 0.652. The molecule has 0 aliphatic rings. The number of hydrogen-bond acceptors (Lipinski definition) is 4. The number of alkyl halides is 2. The van der Waals surface area contributed by atoms with E-state index in [1.165, 1.54) is 18.2 Å². The van der Waals surface area contributed by atoms with Crippen molar-refractivity contribution in [3.8, 4) is 17.2 Å². The zero-order valence-electron chi connectivity index (χ0n) is 20.1. The second-order valence-corrected chi connectivity index (χ2v) is 9.39. The Morgan fingerprint density at radius 3 is 1.76 bits per heavy atom. The molecule has 1 aromatic heterocycles. The van der Waals surface area contributed by atoms with Gasteiger partial charge in [-0.2, -0.15) is 17.6 Å². The Kier molecular flexibility index (Phi) is 8.06. The Hall–Kier alpha value is -3.14. The van der Waals surface area contributed by atoms with Crippen molar-refractivity contribution < 1.29 is 40.6 Å². The van der Waals surface area contributed by atoms with Crippen LogP contribution in [0, 0.1) is 23.3 Å². The van der Waals surface area contributed by atoms with Gasteiger partial charge in [0.15, 0.2) is 28.9 Å². The molecule has 0 aliphatic heterocycles. The van der Waals surface area contributed by atoms with Gasteiger partial charge in [0.2, 0.25) is 11.6 Å².